The van der Waals surface area contributed by atoms with Crippen molar-refractivity contribution in [3.63, 3.8) is 0 Å². The third kappa shape index (κ3) is 7.94. The standard InChI is InChI=1S/C21H28N4O2S.HI/c1-2-22-21(25-15-19-9-5-11-28-19)24-13-16-6-3-7-17(12-16)20(26)23-14-18-8-4-10-27-18;/h3,5-7,9,11-12,18H,2,4,8,10,13-15H2,1H3,(H,23,26)(H2,22,24,25);1H. The molecule has 3 N–H and O–H groups in total. The number of halogens is 1. The van der Waals surface area contributed by atoms with E-state index in [1.165, 1.54) is 4.88 Å². The minimum absolute atomic E-state index is 0. The fourth-order valence-corrected chi connectivity index (χ4v) is 3.67. The van der Waals surface area contributed by atoms with E-state index in [2.05, 4.69) is 32.4 Å². The van der Waals surface area contributed by atoms with Gasteiger partial charge < -0.3 is 20.7 Å². The van der Waals surface area contributed by atoms with Crippen LogP contribution in [-0.4, -0.2) is 37.7 Å². The van der Waals surface area contributed by atoms with Crippen LogP contribution in [-0.2, 0) is 17.8 Å². The second-order valence-corrected chi connectivity index (χ2v) is 7.71. The lowest BCUT2D eigenvalue weighted by Crippen LogP contribution is -2.36. The van der Waals surface area contributed by atoms with Gasteiger partial charge in [-0.15, -0.1) is 35.3 Å². The van der Waals surface area contributed by atoms with Crippen molar-refractivity contribution in [1.82, 2.24) is 16.0 Å². The summed E-state index contributed by atoms with van der Waals surface area (Å²) < 4.78 is 5.55. The summed E-state index contributed by atoms with van der Waals surface area (Å²) in [7, 11) is 0. The first-order valence-electron chi connectivity index (χ1n) is 9.78. The number of ether oxygens (including phenoxy) is 1. The van der Waals surface area contributed by atoms with Crippen LogP contribution < -0.4 is 16.0 Å². The van der Waals surface area contributed by atoms with Gasteiger partial charge in [-0.25, -0.2) is 4.99 Å². The van der Waals surface area contributed by atoms with Crippen molar-refractivity contribution < 1.29 is 9.53 Å². The van der Waals surface area contributed by atoms with Crippen molar-refractivity contribution in [3.05, 3.63) is 57.8 Å². The van der Waals surface area contributed by atoms with Crippen molar-refractivity contribution in [2.24, 2.45) is 4.99 Å². The molecular weight excluding hydrogens is 499 g/mol. The molecule has 0 spiro atoms. The first-order chi connectivity index (χ1) is 13.7. The molecule has 0 bridgehead atoms. The third-order valence-corrected chi connectivity index (χ3v) is 5.35. The molecule has 29 heavy (non-hydrogen) atoms. The molecule has 158 valence electrons. The van der Waals surface area contributed by atoms with Gasteiger partial charge in [-0.05, 0) is 48.9 Å². The van der Waals surface area contributed by atoms with Crippen LogP contribution >= 0.6 is 35.3 Å². The minimum Gasteiger partial charge on any atom is -0.376 e. The van der Waals surface area contributed by atoms with Gasteiger partial charge in [-0.2, -0.15) is 0 Å². The van der Waals surface area contributed by atoms with E-state index in [-0.39, 0.29) is 36.0 Å². The van der Waals surface area contributed by atoms with E-state index in [9.17, 15) is 4.79 Å². The van der Waals surface area contributed by atoms with E-state index in [1.807, 2.05) is 37.3 Å². The van der Waals surface area contributed by atoms with Gasteiger partial charge in [0.1, 0.15) is 0 Å². The van der Waals surface area contributed by atoms with Crippen LogP contribution in [0.1, 0.15) is 40.6 Å². The largest absolute Gasteiger partial charge is 0.376 e. The molecule has 1 atom stereocenters. The highest BCUT2D eigenvalue weighted by Gasteiger charge is 2.16. The number of guanidine groups is 1. The molecule has 1 aliphatic rings. The highest BCUT2D eigenvalue weighted by Crippen LogP contribution is 2.12. The summed E-state index contributed by atoms with van der Waals surface area (Å²) in [5.41, 5.74) is 1.65. The van der Waals surface area contributed by atoms with Crippen molar-refractivity contribution >= 4 is 47.2 Å². The first-order valence-corrected chi connectivity index (χ1v) is 10.7. The summed E-state index contributed by atoms with van der Waals surface area (Å²) >= 11 is 1.72. The molecule has 6 nitrogen and oxygen atoms in total. The van der Waals surface area contributed by atoms with Crippen LogP contribution in [0.4, 0.5) is 0 Å². The smallest absolute Gasteiger partial charge is 0.251 e. The Morgan fingerprint density at radius 3 is 2.86 bits per heavy atom. The number of amides is 1. The maximum absolute atomic E-state index is 12.4. The third-order valence-electron chi connectivity index (χ3n) is 4.48. The van der Waals surface area contributed by atoms with Crippen LogP contribution in [0.3, 0.4) is 0 Å². The minimum atomic E-state index is -0.0657. The normalized spacial score (nSPS) is 16.2. The van der Waals surface area contributed by atoms with E-state index < -0.39 is 0 Å². The Morgan fingerprint density at radius 2 is 2.14 bits per heavy atom. The quantitative estimate of drug-likeness (QED) is 0.279. The van der Waals surface area contributed by atoms with Crippen LogP contribution in [0, 0.1) is 0 Å². The highest BCUT2D eigenvalue weighted by molar-refractivity contribution is 14.0. The number of hydrogen-bond donors (Lipinski definition) is 3. The highest BCUT2D eigenvalue weighted by atomic mass is 127. The zero-order chi connectivity index (χ0) is 19.6. The molecule has 1 fully saturated rings. The van der Waals surface area contributed by atoms with E-state index in [0.29, 0.717) is 18.7 Å². The number of benzene rings is 1. The fraction of sp³-hybridized carbons (Fsp3) is 0.429. The van der Waals surface area contributed by atoms with Gasteiger partial charge in [-0.3, -0.25) is 4.79 Å². The number of carbonyl (C=O) groups excluding carboxylic acids is 1. The summed E-state index contributed by atoms with van der Waals surface area (Å²) in [6.45, 7) is 5.45. The van der Waals surface area contributed by atoms with Crippen molar-refractivity contribution in [2.75, 3.05) is 19.7 Å². The van der Waals surface area contributed by atoms with Crippen LogP contribution in [0.2, 0.25) is 0 Å². The molecular formula is C21H29IN4O2S. The van der Waals surface area contributed by atoms with Crippen molar-refractivity contribution in [2.45, 2.75) is 39.0 Å². The number of nitrogens with one attached hydrogen (secondary N) is 3. The van der Waals surface area contributed by atoms with Crippen LogP contribution in [0.15, 0.2) is 46.8 Å². The SMILES string of the molecule is CCNC(=NCc1cccc(C(=O)NCC2CCCO2)c1)NCc1cccs1.I. The van der Waals surface area contributed by atoms with Gasteiger partial charge in [-0.1, -0.05) is 18.2 Å². The van der Waals surface area contributed by atoms with Crippen molar-refractivity contribution in [1.29, 1.82) is 0 Å². The Kier molecular flexibility index (Phi) is 10.4. The molecule has 8 heteroatoms. The molecule has 1 amide bonds. The number of hydrogen-bond acceptors (Lipinski definition) is 4. The second-order valence-electron chi connectivity index (χ2n) is 6.67. The summed E-state index contributed by atoms with van der Waals surface area (Å²) in [4.78, 5) is 18.3. The Balaban J connectivity index is 0.00000300. The van der Waals surface area contributed by atoms with Crippen LogP contribution in [0.5, 0.6) is 0 Å². The molecule has 0 aliphatic carbocycles. The Bertz CT molecular complexity index is 777. The zero-order valence-electron chi connectivity index (χ0n) is 16.6. The number of rotatable bonds is 8. The van der Waals surface area contributed by atoms with Gasteiger partial charge >= 0.3 is 0 Å². The van der Waals surface area contributed by atoms with Gasteiger partial charge in [0.25, 0.3) is 5.91 Å². The zero-order valence-corrected chi connectivity index (χ0v) is 19.8. The monoisotopic (exact) mass is 528 g/mol. The summed E-state index contributed by atoms with van der Waals surface area (Å²) in [6, 6.07) is 11.8. The van der Waals surface area contributed by atoms with Gasteiger partial charge in [0.15, 0.2) is 5.96 Å². The molecule has 0 radical (unpaired) electrons. The van der Waals surface area contributed by atoms with Crippen LogP contribution in [0.25, 0.3) is 0 Å². The molecule has 3 rings (SSSR count). The van der Waals surface area contributed by atoms with E-state index >= 15 is 0 Å². The topological polar surface area (TPSA) is 74.8 Å². The molecule has 2 aromatic rings. The maximum Gasteiger partial charge on any atom is 0.251 e. The molecule has 1 unspecified atom stereocenters. The lowest BCUT2D eigenvalue weighted by Gasteiger charge is -2.12. The van der Waals surface area contributed by atoms with Gasteiger partial charge in [0, 0.05) is 30.1 Å². The molecule has 0 saturated carbocycles. The Morgan fingerprint density at radius 1 is 1.24 bits per heavy atom. The van der Waals surface area contributed by atoms with Crippen molar-refractivity contribution in [3.8, 4) is 0 Å². The predicted octanol–water partition coefficient (Wildman–Crippen LogP) is 3.53. The second kappa shape index (κ2) is 12.8. The molecule has 1 aliphatic heterocycles. The molecule has 1 aromatic heterocycles. The van der Waals surface area contributed by atoms with E-state index in [0.717, 1.165) is 44.1 Å². The number of aliphatic imine (C=N–C) groups is 1. The molecule has 1 aromatic carbocycles. The van der Waals surface area contributed by atoms with Gasteiger partial charge in [0.2, 0.25) is 0 Å². The predicted molar refractivity (Wildman–Crippen MR) is 129 cm³/mol. The lowest BCUT2D eigenvalue weighted by molar-refractivity contribution is 0.0857. The fourth-order valence-electron chi connectivity index (χ4n) is 3.02. The average molecular weight is 528 g/mol. The summed E-state index contributed by atoms with van der Waals surface area (Å²) in [5.74, 6) is 0.702. The Labute approximate surface area is 193 Å². The number of nitrogens with zero attached hydrogens (tertiary/aromatic N) is 1. The molecule has 1 saturated heterocycles. The summed E-state index contributed by atoms with van der Waals surface area (Å²) in [5, 5.41) is 11.6. The summed E-state index contributed by atoms with van der Waals surface area (Å²) in [6.07, 6.45) is 2.23. The average Bonchev–Trinajstić information content (AvgIpc) is 3.42. The molecule has 2 heterocycles. The van der Waals surface area contributed by atoms with Gasteiger partial charge in [0.05, 0.1) is 19.2 Å². The number of thiophene rings is 1. The lowest BCUT2D eigenvalue weighted by atomic mass is 10.1. The Hall–Kier alpha value is -1.65. The number of carbonyl (C=O) groups is 1. The van der Waals surface area contributed by atoms with E-state index in [1.54, 1.807) is 11.3 Å². The maximum atomic E-state index is 12.4. The first kappa shape index (κ1) is 23.6. The van der Waals surface area contributed by atoms with E-state index in [4.69, 9.17) is 4.74 Å².